The van der Waals surface area contributed by atoms with E-state index in [1.165, 1.54) is 0 Å². The number of hydrogen-bond acceptors (Lipinski definition) is 4. The molecule has 1 aliphatic heterocycles. The first-order valence-corrected chi connectivity index (χ1v) is 7.46. The van der Waals surface area contributed by atoms with Gasteiger partial charge in [-0.1, -0.05) is 18.2 Å². The Labute approximate surface area is 121 Å². The third-order valence-corrected chi connectivity index (χ3v) is 4.08. The number of carbonyl (C=O) groups is 1. The highest BCUT2D eigenvalue weighted by atomic mass is 32.1. The molecule has 0 spiro atoms. The van der Waals surface area contributed by atoms with Crippen LogP contribution < -0.4 is 15.5 Å². The smallest absolute Gasteiger partial charge is 0.319 e. The van der Waals surface area contributed by atoms with Gasteiger partial charge in [-0.3, -0.25) is 0 Å². The van der Waals surface area contributed by atoms with Gasteiger partial charge in [-0.2, -0.15) is 0 Å². The van der Waals surface area contributed by atoms with Gasteiger partial charge in [-0.25, -0.2) is 9.78 Å². The predicted octanol–water partition coefficient (Wildman–Crippen LogP) is 2.54. The lowest BCUT2D eigenvalue weighted by Gasteiger charge is -2.16. The molecule has 0 aliphatic carbocycles. The summed E-state index contributed by atoms with van der Waals surface area (Å²) in [5, 5.41) is 8.84. The number of para-hydroxylation sites is 1. The number of nitrogens with one attached hydrogen (secondary N) is 2. The van der Waals surface area contributed by atoms with Crippen LogP contribution in [-0.2, 0) is 0 Å². The van der Waals surface area contributed by atoms with E-state index in [1.807, 2.05) is 41.9 Å². The Balaban J connectivity index is 1.51. The van der Waals surface area contributed by atoms with Crippen LogP contribution in [0.5, 0.6) is 0 Å². The minimum absolute atomic E-state index is 0.151. The fraction of sp³-hybridized carbons (Fsp3) is 0.286. The van der Waals surface area contributed by atoms with Crippen LogP contribution in [0.15, 0.2) is 41.9 Å². The highest BCUT2D eigenvalue weighted by Crippen LogP contribution is 2.22. The van der Waals surface area contributed by atoms with E-state index in [2.05, 4.69) is 20.5 Å². The summed E-state index contributed by atoms with van der Waals surface area (Å²) in [5.74, 6) is 0. The Morgan fingerprint density at radius 1 is 1.35 bits per heavy atom. The molecule has 1 atom stereocenters. The summed E-state index contributed by atoms with van der Waals surface area (Å²) in [5.41, 5.74) is 0.805. The third-order valence-electron chi connectivity index (χ3n) is 3.24. The Morgan fingerprint density at radius 2 is 2.20 bits per heavy atom. The van der Waals surface area contributed by atoms with Gasteiger partial charge >= 0.3 is 6.03 Å². The number of amides is 2. The maximum Gasteiger partial charge on any atom is 0.319 e. The first kappa shape index (κ1) is 12.9. The molecule has 0 unspecified atom stereocenters. The van der Waals surface area contributed by atoms with Gasteiger partial charge in [0.05, 0.1) is 0 Å². The number of anilines is 2. The van der Waals surface area contributed by atoms with Crippen LogP contribution >= 0.6 is 11.3 Å². The molecule has 1 saturated heterocycles. The normalized spacial score (nSPS) is 18.0. The molecule has 1 aromatic carbocycles. The Bertz CT molecular complexity index is 558. The highest BCUT2D eigenvalue weighted by Gasteiger charge is 2.25. The van der Waals surface area contributed by atoms with E-state index in [1.54, 1.807) is 11.3 Å². The molecule has 1 aromatic heterocycles. The minimum atomic E-state index is -0.151. The second-order valence-electron chi connectivity index (χ2n) is 4.71. The summed E-state index contributed by atoms with van der Waals surface area (Å²) in [6, 6.07) is 9.48. The molecule has 0 bridgehead atoms. The summed E-state index contributed by atoms with van der Waals surface area (Å²) in [6.45, 7) is 1.75. The first-order chi connectivity index (χ1) is 9.81. The first-order valence-electron chi connectivity index (χ1n) is 6.58. The summed E-state index contributed by atoms with van der Waals surface area (Å²) in [4.78, 5) is 18.4. The molecule has 1 fully saturated rings. The van der Waals surface area contributed by atoms with Gasteiger partial charge in [0, 0.05) is 36.4 Å². The summed E-state index contributed by atoms with van der Waals surface area (Å²) in [6.07, 6.45) is 2.75. The molecule has 1 aliphatic rings. The summed E-state index contributed by atoms with van der Waals surface area (Å²) >= 11 is 1.63. The molecule has 5 nitrogen and oxygen atoms in total. The number of nitrogens with zero attached hydrogens (tertiary/aromatic N) is 2. The number of hydrogen-bond donors (Lipinski definition) is 2. The summed E-state index contributed by atoms with van der Waals surface area (Å²) < 4.78 is 0. The Hall–Kier alpha value is -2.08. The average molecular weight is 288 g/mol. The van der Waals surface area contributed by atoms with E-state index in [9.17, 15) is 4.79 Å². The standard InChI is InChI=1S/C14H16N4OS/c19-13(16-11-4-2-1-3-5-11)17-12-6-8-18(10-12)14-15-7-9-20-14/h1-5,7,9,12H,6,8,10H2,(H2,16,17,19)/t12-/m1/s1. The van der Waals surface area contributed by atoms with Crippen LogP contribution in [0, 0.1) is 0 Å². The number of aromatic nitrogens is 1. The molecule has 0 saturated carbocycles. The second kappa shape index (κ2) is 5.92. The van der Waals surface area contributed by atoms with E-state index in [-0.39, 0.29) is 12.1 Å². The number of thiazole rings is 1. The lowest BCUT2D eigenvalue weighted by molar-refractivity contribution is 0.249. The molecule has 3 rings (SSSR count). The van der Waals surface area contributed by atoms with Crippen molar-refractivity contribution >= 4 is 28.2 Å². The van der Waals surface area contributed by atoms with Gasteiger partial charge in [-0.05, 0) is 18.6 Å². The van der Waals surface area contributed by atoms with Crippen molar-refractivity contribution in [1.29, 1.82) is 0 Å². The van der Waals surface area contributed by atoms with Crippen molar-refractivity contribution in [3.63, 3.8) is 0 Å². The van der Waals surface area contributed by atoms with E-state index in [0.29, 0.717) is 0 Å². The molecule has 20 heavy (non-hydrogen) atoms. The second-order valence-corrected chi connectivity index (χ2v) is 5.58. The Morgan fingerprint density at radius 3 is 2.95 bits per heavy atom. The fourth-order valence-corrected chi connectivity index (χ4v) is 2.98. The number of rotatable bonds is 3. The maximum atomic E-state index is 11.9. The lowest BCUT2D eigenvalue weighted by Crippen LogP contribution is -2.39. The summed E-state index contributed by atoms with van der Waals surface area (Å²) in [7, 11) is 0. The van der Waals surface area contributed by atoms with E-state index < -0.39 is 0 Å². The van der Waals surface area contributed by atoms with Gasteiger partial charge in [0.25, 0.3) is 0 Å². The SMILES string of the molecule is O=C(Nc1ccccc1)N[C@@H]1CCN(c2nccs2)C1. The molecular weight excluding hydrogens is 272 g/mol. The van der Waals surface area contributed by atoms with Gasteiger partial charge in [0.2, 0.25) is 0 Å². The van der Waals surface area contributed by atoms with Crippen LogP contribution in [0.1, 0.15) is 6.42 Å². The van der Waals surface area contributed by atoms with Crippen molar-refractivity contribution in [3.8, 4) is 0 Å². The maximum absolute atomic E-state index is 11.9. The lowest BCUT2D eigenvalue weighted by atomic mass is 10.3. The average Bonchev–Trinajstić information content (AvgIpc) is 3.10. The van der Waals surface area contributed by atoms with Crippen molar-refractivity contribution in [1.82, 2.24) is 10.3 Å². The van der Waals surface area contributed by atoms with Crippen molar-refractivity contribution in [2.75, 3.05) is 23.3 Å². The van der Waals surface area contributed by atoms with Gasteiger partial charge in [-0.15, -0.1) is 11.3 Å². The van der Waals surface area contributed by atoms with Crippen molar-refractivity contribution < 1.29 is 4.79 Å². The van der Waals surface area contributed by atoms with Crippen molar-refractivity contribution in [2.45, 2.75) is 12.5 Å². The number of urea groups is 1. The van der Waals surface area contributed by atoms with Gasteiger partial charge in [0.1, 0.15) is 0 Å². The van der Waals surface area contributed by atoms with E-state index >= 15 is 0 Å². The minimum Gasteiger partial charge on any atom is -0.346 e. The molecule has 2 N–H and O–H groups in total. The molecule has 2 heterocycles. The number of carbonyl (C=O) groups excluding carboxylic acids is 1. The fourth-order valence-electron chi connectivity index (χ4n) is 2.30. The van der Waals surface area contributed by atoms with E-state index in [0.717, 1.165) is 30.3 Å². The zero-order valence-corrected chi connectivity index (χ0v) is 11.8. The van der Waals surface area contributed by atoms with Gasteiger partial charge < -0.3 is 15.5 Å². The Kier molecular flexibility index (Phi) is 3.83. The zero-order chi connectivity index (χ0) is 13.8. The van der Waals surface area contributed by atoms with Crippen LogP contribution in [0.2, 0.25) is 0 Å². The molecule has 6 heteroatoms. The third kappa shape index (κ3) is 3.08. The predicted molar refractivity (Wildman–Crippen MR) is 81.3 cm³/mol. The molecule has 0 radical (unpaired) electrons. The van der Waals surface area contributed by atoms with E-state index in [4.69, 9.17) is 0 Å². The van der Waals surface area contributed by atoms with Crippen LogP contribution in [0.3, 0.4) is 0 Å². The van der Waals surface area contributed by atoms with Crippen molar-refractivity contribution in [2.24, 2.45) is 0 Å². The largest absolute Gasteiger partial charge is 0.346 e. The monoisotopic (exact) mass is 288 g/mol. The molecule has 104 valence electrons. The number of benzene rings is 1. The van der Waals surface area contributed by atoms with Crippen LogP contribution in [0.25, 0.3) is 0 Å². The topological polar surface area (TPSA) is 57.3 Å². The molecular formula is C14H16N4OS. The zero-order valence-electron chi connectivity index (χ0n) is 11.0. The molecule has 2 amide bonds. The van der Waals surface area contributed by atoms with Crippen LogP contribution in [0.4, 0.5) is 15.6 Å². The van der Waals surface area contributed by atoms with Crippen molar-refractivity contribution in [3.05, 3.63) is 41.9 Å². The van der Waals surface area contributed by atoms with Gasteiger partial charge in [0.15, 0.2) is 5.13 Å². The molecule has 2 aromatic rings. The quantitative estimate of drug-likeness (QED) is 0.912. The van der Waals surface area contributed by atoms with Crippen LogP contribution in [-0.4, -0.2) is 30.1 Å². The highest BCUT2D eigenvalue weighted by molar-refractivity contribution is 7.13.